The van der Waals surface area contributed by atoms with E-state index in [9.17, 15) is 14.9 Å². The van der Waals surface area contributed by atoms with Crippen molar-refractivity contribution in [3.8, 4) is 5.88 Å². The number of nitro groups is 1. The highest BCUT2D eigenvalue weighted by molar-refractivity contribution is 9.10. The Morgan fingerprint density at radius 1 is 1.40 bits per heavy atom. The predicted molar refractivity (Wildman–Crippen MR) is 95.0 cm³/mol. The summed E-state index contributed by atoms with van der Waals surface area (Å²) in [7, 11) is 0. The van der Waals surface area contributed by atoms with Gasteiger partial charge in [0, 0.05) is 41.3 Å². The minimum absolute atomic E-state index is 0.00509. The van der Waals surface area contributed by atoms with E-state index < -0.39 is 4.92 Å². The van der Waals surface area contributed by atoms with Gasteiger partial charge in [-0.05, 0) is 34.1 Å². The molecule has 1 aliphatic heterocycles. The number of aromatic nitrogens is 1. The fourth-order valence-electron chi connectivity index (χ4n) is 2.58. The van der Waals surface area contributed by atoms with Gasteiger partial charge in [-0.3, -0.25) is 14.9 Å². The van der Waals surface area contributed by atoms with Gasteiger partial charge in [-0.2, -0.15) is 0 Å². The summed E-state index contributed by atoms with van der Waals surface area (Å²) >= 11 is 9.09. The smallest absolute Gasteiger partial charge is 0.288 e. The van der Waals surface area contributed by atoms with Crippen LogP contribution in [-0.2, 0) is 0 Å². The van der Waals surface area contributed by atoms with E-state index in [1.807, 2.05) is 6.07 Å². The maximum atomic E-state index is 12.6. The zero-order valence-corrected chi connectivity index (χ0v) is 15.2. The molecule has 1 aromatic heterocycles. The Hall–Kier alpha value is -2.19. The first-order valence-corrected chi connectivity index (χ1v) is 8.62. The number of carbonyl (C=O) groups is 1. The summed E-state index contributed by atoms with van der Waals surface area (Å²) in [6.07, 6.45) is 2.14. The first kappa shape index (κ1) is 17.6. The van der Waals surface area contributed by atoms with Crippen LogP contribution in [-0.4, -0.2) is 39.9 Å². The molecule has 25 heavy (non-hydrogen) atoms. The summed E-state index contributed by atoms with van der Waals surface area (Å²) in [5.74, 6) is 0.208. The van der Waals surface area contributed by atoms with Crippen molar-refractivity contribution >= 4 is 39.1 Å². The number of nitrogens with zero attached hydrogens (tertiary/aromatic N) is 3. The normalized spacial score (nSPS) is 16.7. The molecule has 0 saturated carbocycles. The van der Waals surface area contributed by atoms with Gasteiger partial charge in [-0.15, -0.1) is 0 Å². The van der Waals surface area contributed by atoms with E-state index in [1.165, 1.54) is 18.2 Å². The number of rotatable bonds is 4. The molecule has 9 heteroatoms. The van der Waals surface area contributed by atoms with Crippen LogP contribution in [0.3, 0.4) is 0 Å². The predicted octanol–water partition coefficient (Wildman–Crippen LogP) is 3.70. The highest BCUT2D eigenvalue weighted by Gasteiger charge is 2.29. The van der Waals surface area contributed by atoms with Gasteiger partial charge in [0.2, 0.25) is 5.88 Å². The molecule has 0 spiro atoms. The molecule has 1 atom stereocenters. The lowest BCUT2D eigenvalue weighted by molar-refractivity contribution is -0.384. The van der Waals surface area contributed by atoms with E-state index in [2.05, 4.69) is 20.9 Å². The van der Waals surface area contributed by atoms with E-state index in [0.29, 0.717) is 25.4 Å². The standard InChI is InChI=1S/C16H13BrClN3O4/c17-11-2-4-15(19-8-11)25-12-5-6-20(9-12)16(22)10-1-3-13(18)14(7-10)21(23)24/h1-4,7-8,12H,5-6,9H2. The molecule has 1 aliphatic rings. The van der Waals surface area contributed by atoms with Crippen LogP contribution < -0.4 is 4.74 Å². The molecule has 3 rings (SSSR count). The molecule has 1 aromatic carbocycles. The molecule has 7 nitrogen and oxygen atoms in total. The largest absolute Gasteiger partial charge is 0.472 e. The van der Waals surface area contributed by atoms with E-state index >= 15 is 0 Å². The Bertz CT molecular complexity index is 816. The lowest BCUT2D eigenvalue weighted by Crippen LogP contribution is -2.31. The second-order valence-corrected chi connectivity index (χ2v) is 6.84. The fraction of sp³-hybridized carbons (Fsp3) is 0.250. The number of amides is 1. The topological polar surface area (TPSA) is 85.6 Å². The summed E-state index contributed by atoms with van der Waals surface area (Å²) in [6.45, 7) is 0.906. The number of likely N-dealkylation sites (tertiary alicyclic amines) is 1. The van der Waals surface area contributed by atoms with Crippen molar-refractivity contribution in [2.75, 3.05) is 13.1 Å². The quantitative estimate of drug-likeness (QED) is 0.550. The first-order chi connectivity index (χ1) is 11.9. The van der Waals surface area contributed by atoms with Crippen LogP contribution in [0, 0.1) is 10.1 Å². The van der Waals surface area contributed by atoms with Crippen LogP contribution in [0.4, 0.5) is 5.69 Å². The minimum Gasteiger partial charge on any atom is -0.472 e. The van der Waals surface area contributed by atoms with Gasteiger partial charge in [0.25, 0.3) is 11.6 Å². The van der Waals surface area contributed by atoms with Crippen LogP contribution in [0.5, 0.6) is 5.88 Å². The van der Waals surface area contributed by atoms with Crippen LogP contribution >= 0.6 is 27.5 Å². The highest BCUT2D eigenvalue weighted by atomic mass is 79.9. The Morgan fingerprint density at radius 3 is 2.88 bits per heavy atom. The summed E-state index contributed by atoms with van der Waals surface area (Å²) in [5.41, 5.74) is -0.0444. The monoisotopic (exact) mass is 425 g/mol. The Kier molecular flexibility index (Phi) is 5.19. The number of nitro benzene ring substituents is 1. The Morgan fingerprint density at radius 2 is 2.20 bits per heavy atom. The summed E-state index contributed by atoms with van der Waals surface area (Å²) in [6, 6.07) is 7.63. The molecule has 0 radical (unpaired) electrons. The number of halogens is 2. The van der Waals surface area contributed by atoms with Crippen molar-refractivity contribution in [2.45, 2.75) is 12.5 Å². The lowest BCUT2D eigenvalue weighted by atomic mass is 10.2. The third kappa shape index (κ3) is 4.08. The number of ether oxygens (including phenoxy) is 1. The van der Waals surface area contributed by atoms with Gasteiger partial charge in [0.15, 0.2) is 0 Å². The molecule has 2 heterocycles. The van der Waals surface area contributed by atoms with Crippen LogP contribution in [0.2, 0.25) is 5.02 Å². The molecule has 1 unspecified atom stereocenters. The average molecular weight is 427 g/mol. The number of benzene rings is 1. The number of hydrogen-bond donors (Lipinski definition) is 0. The molecular formula is C16H13BrClN3O4. The molecule has 1 fully saturated rings. The average Bonchev–Trinajstić information content (AvgIpc) is 3.05. The van der Waals surface area contributed by atoms with Gasteiger partial charge in [-0.25, -0.2) is 4.98 Å². The highest BCUT2D eigenvalue weighted by Crippen LogP contribution is 2.27. The van der Waals surface area contributed by atoms with Gasteiger partial charge < -0.3 is 9.64 Å². The molecule has 0 bridgehead atoms. The van der Waals surface area contributed by atoms with Crippen molar-refractivity contribution in [3.63, 3.8) is 0 Å². The zero-order chi connectivity index (χ0) is 18.0. The maximum Gasteiger partial charge on any atom is 0.288 e. The van der Waals surface area contributed by atoms with Crippen molar-refractivity contribution in [1.29, 1.82) is 0 Å². The molecule has 0 aliphatic carbocycles. The van der Waals surface area contributed by atoms with E-state index in [0.717, 1.165) is 4.47 Å². The van der Waals surface area contributed by atoms with E-state index in [4.69, 9.17) is 16.3 Å². The van der Waals surface area contributed by atoms with Crippen molar-refractivity contribution in [2.24, 2.45) is 0 Å². The second-order valence-electron chi connectivity index (χ2n) is 5.52. The summed E-state index contributed by atoms with van der Waals surface area (Å²) in [4.78, 5) is 28.7. The lowest BCUT2D eigenvalue weighted by Gasteiger charge is -2.17. The number of carbonyl (C=O) groups excluding carboxylic acids is 1. The summed E-state index contributed by atoms with van der Waals surface area (Å²) < 4.78 is 6.63. The van der Waals surface area contributed by atoms with Crippen LogP contribution in [0.15, 0.2) is 41.0 Å². The minimum atomic E-state index is -0.603. The molecule has 1 amide bonds. The summed E-state index contributed by atoms with van der Waals surface area (Å²) in [5, 5.41) is 11.0. The van der Waals surface area contributed by atoms with Gasteiger partial charge in [-0.1, -0.05) is 11.6 Å². The van der Waals surface area contributed by atoms with Gasteiger partial charge in [0.05, 0.1) is 11.5 Å². The molecular weight excluding hydrogens is 414 g/mol. The van der Waals surface area contributed by atoms with Crippen LogP contribution in [0.25, 0.3) is 0 Å². The zero-order valence-electron chi connectivity index (χ0n) is 12.9. The Labute approximate surface area is 156 Å². The third-order valence-corrected chi connectivity index (χ3v) is 4.60. The third-order valence-electron chi connectivity index (χ3n) is 3.81. The number of pyridine rings is 1. The van der Waals surface area contributed by atoms with E-state index in [1.54, 1.807) is 17.2 Å². The maximum absolute atomic E-state index is 12.6. The van der Waals surface area contributed by atoms with Crippen molar-refractivity contribution < 1.29 is 14.5 Å². The van der Waals surface area contributed by atoms with Crippen LogP contribution in [0.1, 0.15) is 16.8 Å². The van der Waals surface area contributed by atoms with Crippen molar-refractivity contribution in [3.05, 3.63) is 61.7 Å². The molecule has 0 N–H and O–H groups in total. The SMILES string of the molecule is O=C(c1ccc(Cl)c([N+](=O)[O-])c1)N1CCC(Oc2ccc(Br)cn2)C1. The fourth-order valence-corrected chi connectivity index (χ4v) is 3.00. The Balaban J connectivity index is 1.67. The second kappa shape index (κ2) is 7.37. The van der Waals surface area contributed by atoms with Gasteiger partial charge >= 0.3 is 0 Å². The van der Waals surface area contributed by atoms with Crippen molar-refractivity contribution in [1.82, 2.24) is 9.88 Å². The molecule has 130 valence electrons. The van der Waals surface area contributed by atoms with Gasteiger partial charge in [0.1, 0.15) is 11.1 Å². The van der Waals surface area contributed by atoms with E-state index in [-0.39, 0.29) is 28.3 Å². The molecule has 1 saturated heterocycles. The first-order valence-electron chi connectivity index (χ1n) is 7.45. The number of hydrogen-bond acceptors (Lipinski definition) is 5. The molecule has 2 aromatic rings.